The molecule has 0 spiro atoms. The third kappa shape index (κ3) is 2.74. The Kier molecular flexibility index (Phi) is 3.56. The molecule has 0 fully saturated rings. The molecule has 9 heteroatoms. The summed E-state index contributed by atoms with van der Waals surface area (Å²) in [5, 5.41) is 10.6. The van der Waals surface area contributed by atoms with Crippen LogP contribution in [0.4, 0.5) is 5.69 Å². The average molecular weight is 373 g/mol. The van der Waals surface area contributed by atoms with Gasteiger partial charge in [0.2, 0.25) is 0 Å². The Morgan fingerprint density at radius 1 is 1.04 bits per heavy atom. The van der Waals surface area contributed by atoms with Crippen molar-refractivity contribution in [3.63, 3.8) is 0 Å². The number of aromatic amines is 2. The number of anilines is 1. The van der Waals surface area contributed by atoms with E-state index in [-0.39, 0.29) is 12.1 Å². The van der Waals surface area contributed by atoms with Crippen LogP contribution in [0.5, 0.6) is 0 Å². The van der Waals surface area contributed by atoms with Gasteiger partial charge in [0.1, 0.15) is 17.5 Å². The molecule has 2 aromatic heterocycles. The summed E-state index contributed by atoms with van der Waals surface area (Å²) in [4.78, 5) is 17.8. The van der Waals surface area contributed by atoms with Gasteiger partial charge in [-0.3, -0.25) is 11.1 Å². The summed E-state index contributed by atoms with van der Waals surface area (Å²) in [6.07, 6.45) is 4.01. The second-order valence-corrected chi connectivity index (χ2v) is 6.73. The van der Waals surface area contributed by atoms with E-state index in [0.717, 1.165) is 39.4 Å². The number of rotatable bonds is 4. The lowest BCUT2D eigenvalue weighted by molar-refractivity contribution is 0.653. The Balaban J connectivity index is 1.44. The zero-order chi connectivity index (χ0) is 19.3. The first kappa shape index (κ1) is 16.3. The zero-order valence-corrected chi connectivity index (χ0v) is 14.9. The molecule has 2 aromatic carbocycles. The minimum atomic E-state index is -0.268. The van der Waals surface area contributed by atoms with Crippen molar-refractivity contribution in [2.75, 3.05) is 4.90 Å². The first-order valence-corrected chi connectivity index (χ1v) is 8.85. The Morgan fingerprint density at radius 2 is 1.71 bits per heavy atom. The second kappa shape index (κ2) is 6.10. The van der Waals surface area contributed by atoms with Gasteiger partial charge in [-0.2, -0.15) is 0 Å². The molecule has 4 aromatic rings. The highest BCUT2D eigenvalue weighted by Gasteiger charge is 2.16. The molecule has 28 heavy (non-hydrogen) atoms. The van der Waals surface area contributed by atoms with Crippen molar-refractivity contribution in [2.45, 2.75) is 12.7 Å². The van der Waals surface area contributed by atoms with Crippen molar-refractivity contribution in [2.24, 2.45) is 11.5 Å². The number of nitrogens with zero attached hydrogens (tertiary/aromatic N) is 3. The molecule has 0 bridgehead atoms. The van der Waals surface area contributed by atoms with Crippen LogP contribution >= 0.6 is 0 Å². The fraction of sp³-hybridized carbons (Fsp3) is 0.105. The molecule has 1 aliphatic heterocycles. The lowest BCUT2D eigenvalue weighted by atomic mass is 10.2. The van der Waals surface area contributed by atoms with Crippen LogP contribution in [0.25, 0.3) is 22.1 Å². The molecule has 1 aliphatic rings. The molecule has 140 valence electrons. The van der Waals surface area contributed by atoms with Crippen molar-refractivity contribution in [3.05, 3.63) is 66.0 Å². The standard InChI is InChI=1S/C19H19N9/c20-18(21)10-1-3-12-14(7-10)26-16(24-12)9-17-25-13-4-2-11(8-15(13)27-17)28-6-5-23-19(28)22/h1-8,19,23H,9,22H2,(H3,20,21)(H,24,26)(H,25,27). The van der Waals surface area contributed by atoms with E-state index in [1.807, 2.05) is 47.6 Å². The number of H-pyrrole nitrogens is 2. The van der Waals surface area contributed by atoms with E-state index in [0.29, 0.717) is 12.0 Å². The number of nitrogen functional groups attached to an aromatic ring is 1. The fourth-order valence-electron chi connectivity index (χ4n) is 3.41. The van der Waals surface area contributed by atoms with Crippen LogP contribution in [0.2, 0.25) is 0 Å². The maximum Gasteiger partial charge on any atom is 0.156 e. The largest absolute Gasteiger partial charge is 0.384 e. The molecule has 1 unspecified atom stereocenters. The first-order chi connectivity index (χ1) is 13.6. The molecular weight excluding hydrogens is 354 g/mol. The highest BCUT2D eigenvalue weighted by atomic mass is 15.4. The number of fused-ring (bicyclic) bond motifs is 2. The predicted octanol–water partition coefficient (Wildman–Crippen LogP) is 1.44. The van der Waals surface area contributed by atoms with E-state index in [4.69, 9.17) is 16.9 Å². The fourth-order valence-corrected chi connectivity index (χ4v) is 3.41. The molecule has 0 radical (unpaired) electrons. The Bertz CT molecular complexity index is 1230. The van der Waals surface area contributed by atoms with Crippen molar-refractivity contribution in [1.29, 1.82) is 5.41 Å². The maximum atomic E-state index is 7.56. The summed E-state index contributed by atoms with van der Waals surface area (Å²) in [5.41, 5.74) is 16.7. The van der Waals surface area contributed by atoms with Gasteiger partial charge in [-0.15, -0.1) is 0 Å². The molecule has 1 atom stereocenters. The van der Waals surface area contributed by atoms with Crippen molar-refractivity contribution < 1.29 is 0 Å². The molecule has 8 N–H and O–H groups in total. The number of amidine groups is 1. The number of nitrogens with two attached hydrogens (primary N) is 2. The SMILES string of the molecule is N=C(N)c1ccc2nc(Cc3nc4ccc(N5C=CNC5N)cc4[nH]3)[nH]c2c1. The van der Waals surface area contributed by atoms with Gasteiger partial charge in [-0.1, -0.05) is 0 Å². The normalized spacial score (nSPS) is 16.2. The van der Waals surface area contributed by atoms with Crippen LogP contribution in [0.3, 0.4) is 0 Å². The van der Waals surface area contributed by atoms with Crippen LogP contribution in [0.15, 0.2) is 48.8 Å². The molecule has 0 saturated heterocycles. The Hall–Kier alpha value is -3.85. The van der Waals surface area contributed by atoms with Gasteiger partial charge >= 0.3 is 0 Å². The van der Waals surface area contributed by atoms with Gasteiger partial charge < -0.3 is 25.9 Å². The van der Waals surface area contributed by atoms with Crippen LogP contribution < -0.4 is 21.7 Å². The second-order valence-electron chi connectivity index (χ2n) is 6.73. The van der Waals surface area contributed by atoms with E-state index in [9.17, 15) is 0 Å². The summed E-state index contributed by atoms with van der Waals surface area (Å²) < 4.78 is 0. The van der Waals surface area contributed by atoms with Gasteiger partial charge in [0.15, 0.2) is 6.29 Å². The van der Waals surface area contributed by atoms with Crippen LogP contribution in [0.1, 0.15) is 17.2 Å². The highest BCUT2D eigenvalue weighted by molar-refractivity contribution is 5.97. The van der Waals surface area contributed by atoms with Crippen LogP contribution in [-0.4, -0.2) is 32.1 Å². The molecule has 0 amide bonds. The summed E-state index contributed by atoms with van der Waals surface area (Å²) in [6.45, 7) is 0. The zero-order valence-electron chi connectivity index (χ0n) is 14.9. The summed E-state index contributed by atoms with van der Waals surface area (Å²) >= 11 is 0. The lowest BCUT2D eigenvalue weighted by Crippen LogP contribution is -2.43. The van der Waals surface area contributed by atoms with Crippen molar-refractivity contribution in [1.82, 2.24) is 25.3 Å². The van der Waals surface area contributed by atoms with E-state index in [1.165, 1.54) is 0 Å². The van der Waals surface area contributed by atoms with E-state index >= 15 is 0 Å². The predicted molar refractivity (Wildman–Crippen MR) is 109 cm³/mol. The topological polar surface area (TPSA) is 149 Å². The number of benzene rings is 2. The summed E-state index contributed by atoms with van der Waals surface area (Å²) in [5.74, 6) is 1.65. The third-order valence-electron chi connectivity index (χ3n) is 4.79. The number of hydrogen-bond acceptors (Lipinski definition) is 6. The number of aromatic nitrogens is 4. The van der Waals surface area contributed by atoms with Gasteiger partial charge in [0.05, 0.1) is 28.5 Å². The molecule has 0 aliphatic carbocycles. The average Bonchev–Trinajstić information content (AvgIpc) is 3.37. The maximum absolute atomic E-state index is 7.56. The number of nitrogens with one attached hydrogen (secondary N) is 4. The smallest absolute Gasteiger partial charge is 0.156 e. The van der Waals surface area contributed by atoms with Gasteiger partial charge in [0, 0.05) is 23.7 Å². The lowest BCUT2D eigenvalue weighted by Gasteiger charge is -2.21. The first-order valence-electron chi connectivity index (χ1n) is 8.85. The molecule has 0 saturated carbocycles. The Labute approximate surface area is 160 Å². The number of hydrogen-bond donors (Lipinski definition) is 6. The van der Waals surface area contributed by atoms with E-state index < -0.39 is 0 Å². The minimum Gasteiger partial charge on any atom is -0.384 e. The minimum absolute atomic E-state index is 0.0360. The van der Waals surface area contributed by atoms with Crippen molar-refractivity contribution in [3.8, 4) is 0 Å². The van der Waals surface area contributed by atoms with Crippen LogP contribution in [-0.2, 0) is 6.42 Å². The van der Waals surface area contributed by atoms with E-state index in [1.54, 1.807) is 6.07 Å². The third-order valence-corrected chi connectivity index (χ3v) is 4.79. The Morgan fingerprint density at radius 3 is 2.36 bits per heavy atom. The monoisotopic (exact) mass is 373 g/mol. The summed E-state index contributed by atoms with van der Waals surface area (Å²) in [7, 11) is 0. The number of imidazole rings is 2. The van der Waals surface area contributed by atoms with Gasteiger partial charge in [-0.05, 0) is 36.4 Å². The molecule has 5 rings (SSSR count). The molecular formula is C19H19N9. The van der Waals surface area contributed by atoms with E-state index in [2.05, 4.69) is 25.3 Å². The van der Waals surface area contributed by atoms with Crippen molar-refractivity contribution >= 4 is 33.6 Å². The summed E-state index contributed by atoms with van der Waals surface area (Å²) in [6, 6.07) is 11.5. The highest BCUT2D eigenvalue weighted by Crippen LogP contribution is 2.24. The van der Waals surface area contributed by atoms with Gasteiger partial charge in [-0.25, -0.2) is 9.97 Å². The van der Waals surface area contributed by atoms with Gasteiger partial charge in [0.25, 0.3) is 0 Å². The molecule has 3 heterocycles. The van der Waals surface area contributed by atoms with Crippen LogP contribution in [0, 0.1) is 5.41 Å². The molecule has 9 nitrogen and oxygen atoms in total. The quantitative estimate of drug-likeness (QED) is 0.235.